The normalized spacial score (nSPS) is 21.0. The van der Waals surface area contributed by atoms with E-state index in [9.17, 15) is 8.42 Å². The molecule has 3 heterocycles. The van der Waals surface area contributed by atoms with Gasteiger partial charge in [0.1, 0.15) is 13.2 Å². The third-order valence-corrected chi connectivity index (χ3v) is 6.55. The molecule has 2 aliphatic heterocycles. The lowest BCUT2D eigenvalue weighted by molar-refractivity contribution is 0.171. The average molecular weight is 360 g/mol. The summed E-state index contributed by atoms with van der Waals surface area (Å²) in [6.45, 7) is 1.42. The van der Waals surface area contributed by atoms with Crippen molar-refractivity contribution in [2.24, 2.45) is 0 Å². The molecule has 0 aliphatic carbocycles. The number of pyridine rings is 1. The van der Waals surface area contributed by atoms with Gasteiger partial charge in [-0.05, 0) is 36.6 Å². The fourth-order valence-electron chi connectivity index (χ4n) is 3.42. The standard InChI is InChI=1S/C18H20N2O4S/c21-25(22,15-6-7-17-18(12-15)24-11-10-23-17)20-9-2-1-5-16(20)14-4-3-8-19-13-14/h3-4,6-8,12-13,16H,1-2,5,9-11H2. The first kappa shape index (κ1) is 16.4. The molecule has 1 unspecified atom stereocenters. The lowest BCUT2D eigenvalue weighted by Crippen LogP contribution is -2.38. The number of aromatic nitrogens is 1. The predicted octanol–water partition coefficient (Wildman–Crippen LogP) is 2.77. The number of sulfonamides is 1. The van der Waals surface area contributed by atoms with Crippen molar-refractivity contribution in [3.05, 3.63) is 48.3 Å². The van der Waals surface area contributed by atoms with E-state index >= 15 is 0 Å². The third kappa shape index (κ3) is 3.09. The van der Waals surface area contributed by atoms with Crippen LogP contribution in [0.5, 0.6) is 11.5 Å². The van der Waals surface area contributed by atoms with Gasteiger partial charge in [-0.15, -0.1) is 0 Å². The number of piperidine rings is 1. The lowest BCUT2D eigenvalue weighted by atomic mass is 9.99. The molecule has 0 amide bonds. The second-order valence-electron chi connectivity index (χ2n) is 6.22. The fraction of sp³-hybridized carbons (Fsp3) is 0.389. The smallest absolute Gasteiger partial charge is 0.243 e. The number of ether oxygens (including phenoxy) is 2. The molecule has 1 saturated heterocycles. The first-order valence-electron chi connectivity index (χ1n) is 8.48. The van der Waals surface area contributed by atoms with E-state index in [1.807, 2.05) is 12.1 Å². The molecule has 1 atom stereocenters. The van der Waals surface area contributed by atoms with Gasteiger partial charge in [-0.2, -0.15) is 4.31 Å². The van der Waals surface area contributed by atoms with Gasteiger partial charge >= 0.3 is 0 Å². The van der Waals surface area contributed by atoms with E-state index in [2.05, 4.69) is 4.98 Å². The summed E-state index contributed by atoms with van der Waals surface area (Å²) in [6, 6.07) is 8.44. The Morgan fingerprint density at radius 2 is 1.92 bits per heavy atom. The van der Waals surface area contributed by atoms with Gasteiger partial charge in [0, 0.05) is 25.0 Å². The Balaban J connectivity index is 1.70. The molecule has 2 aliphatic rings. The number of rotatable bonds is 3. The lowest BCUT2D eigenvalue weighted by Gasteiger charge is -2.35. The molecule has 6 nitrogen and oxygen atoms in total. The van der Waals surface area contributed by atoms with E-state index in [1.54, 1.807) is 34.9 Å². The Bertz CT molecular complexity index is 855. The zero-order valence-electron chi connectivity index (χ0n) is 13.8. The SMILES string of the molecule is O=S(=O)(c1ccc2c(c1)OCCO2)N1CCCCC1c1cccnc1. The Kier molecular flexibility index (Phi) is 4.35. The molecular weight excluding hydrogens is 340 g/mol. The van der Waals surface area contributed by atoms with E-state index < -0.39 is 10.0 Å². The highest BCUT2D eigenvalue weighted by atomic mass is 32.2. The van der Waals surface area contributed by atoms with Crippen LogP contribution in [0.4, 0.5) is 0 Å². The zero-order chi connectivity index (χ0) is 17.3. The van der Waals surface area contributed by atoms with Crippen LogP contribution < -0.4 is 9.47 Å². The number of nitrogens with zero attached hydrogens (tertiary/aromatic N) is 2. The molecule has 0 radical (unpaired) electrons. The van der Waals surface area contributed by atoms with Crippen molar-refractivity contribution >= 4 is 10.0 Å². The first-order chi connectivity index (χ1) is 12.2. The highest BCUT2D eigenvalue weighted by molar-refractivity contribution is 7.89. The van der Waals surface area contributed by atoms with Crippen molar-refractivity contribution in [1.82, 2.24) is 9.29 Å². The maximum atomic E-state index is 13.3. The maximum absolute atomic E-state index is 13.3. The van der Waals surface area contributed by atoms with Crippen LogP contribution in [-0.2, 0) is 10.0 Å². The summed E-state index contributed by atoms with van der Waals surface area (Å²) in [5, 5.41) is 0. The van der Waals surface area contributed by atoms with E-state index in [-0.39, 0.29) is 10.9 Å². The molecule has 132 valence electrons. The summed E-state index contributed by atoms with van der Waals surface area (Å²) in [6.07, 6.45) is 6.12. The molecule has 1 fully saturated rings. The number of hydrogen-bond acceptors (Lipinski definition) is 5. The number of benzene rings is 1. The van der Waals surface area contributed by atoms with Gasteiger partial charge in [0.2, 0.25) is 10.0 Å². The third-order valence-electron chi connectivity index (χ3n) is 4.64. The molecule has 0 spiro atoms. The van der Waals surface area contributed by atoms with Crippen molar-refractivity contribution in [3.8, 4) is 11.5 Å². The second kappa shape index (κ2) is 6.65. The van der Waals surface area contributed by atoms with Gasteiger partial charge in [0.25, 0.3) is 0 Å². The van der Waals surface area contributed by atoms with Crippen molar-refractivity contribution in [2.45, 2.75) is 30.2 Å². The van der Waals surface area contributed by atoms with E-state index in [0.717, 1.165) is 24.8 Å². The highest BCUT2D eigenvalue weighted by Gasteiger charge is 2.35. The minimum atomic E-state index is -3.62. The fourth-order valence-corrected chi connectivity index (χ4v) is 5.12. The topological polar surface area (TPSA) is 68.7 Å². The van der Waals surface area contributed by atoms with Crippen LogP contribution in [0, 0.1) is 0 Å². The molecule has 0 N–H and O–H groups in total. The predicted molar refractivity (Wildman–Crippen MR) is 92.2 cm³/mol. The number of hydrogen-bond donors (Lipinski definition) is 0. The van der Waals surface area contributed by atoms with Crippen LogP contribution >= 0.6 is 0 Å². The molecule has 4 rings (SSSR count). The molecule has 2 aromatic rings. The molecule has 0 bridgehead atoms. The van der Waals surface area contributed by atoms with Crippen molar-refractivity contribution in [2.75, 3.05) is 19.8 Å². The van der Waals surface area contributed by atoms with Crippen LogP contribution in [0.25, 0.3) is 0 Å². The molecule has 7 heteroatoms. The summed E-state index contributed by atoms with van der Waals surface area (Å²) < 4.78 is 39.2. The maximum Gasteiger partial charge on any atom is 0.243 e. The Hall–Kier alpha value is -2.12. The summed E-state index contributed by atoms with van der Waals surface area (Å²) in [5.41, 5.74) is 0.934. The van der Waals surface area contributed by atoms with Gasteiger partial charge in [0.15, 0.2) is 11.5 Å². The van der Waals surface area contributed by atoms with Gasteiger partial charge in [-0.1, -0.05) is 12.5 Å². The summed E-state index contributed by atoms with van der Waals surface area (Å²) in [5.74, 6) is 1.08. The quantitative estimate of drug-likeness (QED) is 0.842. The van der Waals surface area contributed by atoms with Crippen LogP contribution in [-0.4, -0.2) is 37.5 Å². The van der Waals surface area contributed by atoms with Gasteiger partial charge in [-0.25, -0.2) is 8.42 Å². The minimum Gasteiger partial charge on any atom is -0.486 e. The number of fused-ring (bicyclic) bond motifs is 1. The van der Waals surface area contributed by atoms with Gasteiger partial charge in [-0.3, -0.25) is 4.98 Å². The minimum absolute atomic E-state index is 0.180. The zero-order valence-corrected chi connectivity index (χ0v) is 14.6. The van der Waals surface area contributed by atoms with Crippen LogP contribution in [0.15, 0.2) is 47.6 Å². The van der Waals surface area contributed by atoms with Crippen LogP contribution in [0.2, 0.25) is 0 Å². The van der Waals surface area contributed by atoms with Crippen molar-refractivity contribution < 1.29 is 17.9 Å². The van der Waals surface area contributed by atoms with Crippen LogP contribution in [0.3, 0.4) is 0 Å². The molecule has 25 heavy (non-hydrogen) atoms. The Morgan fingerprint density at radius 1 is 1.08 bits per heavy atom. The monoisotopic (exact) mass is 360 g/mol. The van der Waals surface area contributed by atoms with Crippen molar-refractivity contribution in [1.29, 1.82) is 0 Å². The van der Waals surface area contributed by atoms with Crippen molar-refractivity contribution in [3.63, 3.8) is 0 Å². The van der Waals surface area contributed by atoms with E-state index in [0.29, 0.717) is 31.3 Å². The largest absolute Gasteiger partial charge is 0.486 e. The first-order valence-corrected chi connectivity index (χ1v) is 9.92. The highest BCUT2D eigenvalue weighted by Crippen LogP contribution is 2.38. The van der Waals surface area contributed by atoms with E-state index in [1.165, 1.54) is 0 Å². The molecule has 1 aromatic carbocycles. The van der Waals surface area contributed by atoms with Crippen LogP contribution in [0.1, 0.15) is 30.9 Å². The molecule has 0 saturated carbocycles. The summed E-state index contributed by atoms with van der Waals surface area (Å²) >= 11 is 0. The average Bonchev–Trinajstić information content (AvgIpc) is 2.68. The summed E-state index contributed by atoms with van der Waals surface area (Å²) in [7, 11) is -3.62. The molecule has 1 aromatic heterocycles. The summed E-state index contributed by atoms with van der Waals surface area (Å²) in [4.78, 5) is 4.39. The Morgan fingerprint density at radius 3 is 2.72 bits per heavy atom. The van der Waals surface area contributed by atoms with Gasteiger partial charge in [0.05, 0.1) is 10.9 Å². The molecular formula is C18H20N2O4S. The van der Waals surface area contributed by atoms with E-state index in [4.69, 9.17) is 9.47 Å². The second-order valence-corrected chi connectivity index (χ2v) is 8.11. The van der Waals surface area contributed by atoms with Gasteiger partial charge < -0.3 is 9.47 Å². The Labute approximate surface area is 147 Å².